The molecule has 0 unspecified atom stereocenters. The molecule has 108 valence electrons. The van der Waals surface area contributed by atoms with E-state index in [-0.39, 0.29) is 11.7 Å². The maximum atomic E-state index is 12.0. The molecule has 1 aromatic heterocycles. The van der Waals surface area contributed by atoms with Crippen LogP contribution in [0.25, 0.3) is 0 Å². The van der Waals surface area contributed by atoms with Gasteiger partial charge in [0.25, 0.3) is 5.91 Å². The molecule has 0 radical (unpaired) electrons. The van der Waals surface area contributed by atoms with Crippen molar-refractivity contribution in [3.05, 3.63) is 47.5 Å². The summed E-state index contributed by atoms with van der Waals surface area (Å²) in [6, 6.07) is 10.4. The number of aromatic nitrogens is 2. The third kappa shape index (κ3) is 4.57. The van der Waals surface area contributed by atoms with Crippen molar-refractivity contribution in [2.45, 2.75) is 11.9 Å². The molecule has 0 aliphatic carbocycles. The number of hydrogen-bond donors (Lipinski definition) is 2. The average molecular weight is 303 g/mol. The van der Waals surface area contributed by atoms with Crippen LogP contribution in [-0.4, -0.2) is 32.9 Å². The van der Waals surface area contributed by atoms with Gasteiger partial charge in [-0.2, -0.15) is 0 Å². The van der Waals surface area contributed by atoms with E-state index in [2.05, 4.69) is 15.5 Å². The van der Waals surface area contributed by atoms with Crippen LogP contribution in [0.15, 0.2) is 41.4 Å². The van der Waals surface area contributed by atoms with Crippen LogP contribution in [0.2, 0.25) is 0 Å². The lowest BCUT2D eigenvalue weighted by Gasteiger charge is -2.04. The lowest BCUT2D eigenvalue weighted by Crippen LogP contribution is -2.13. The predicted octanol–water partition coefficient (Wildman–Crippen LogP) is 2.21. The molecule has 1 aromatic carbocycles. The number of rotatable bonds is 5. The minimum atomic E-state index is -0.918. The van der Waals surface area contributed by atoms with Crippen molar-refractivity contribution < 1.29 is 14.7 Å². The summed E-state index contributed by atoms with van der Waals surface area (Å²) in [5, 5.41) is 19.4. The third-order valence-electron chi connectivity index (χ3n) is 2.54. The summed E-state index contributed by atoms with van der Waals surface area (Å²) in [7, 11) is 0. The van der Waals surface area contributed by atoms with E-state index in [4.69, 9.17) is 5.11 Å². The molecule has 0 atom stereocenters. The topological polar surface area (TPSA) is 92.2 Å². The van der Waals surface area contributed by atoms with Gasteiger partial charge in [-0.15, -0.1) is 10.2 Å². The predicted molar refractivity (Wildman–Crippen MR) is 79.5 cm³/mol. The largest absolute Gasteiger partial charge is 0.481 e. The molecule has 6 nitrogen and oxygen atoms in total. The van der Waals surface area contributed by atoms with Crippen molar-refractivity contribution in [3.8, 4) is 0 Å². The van der Waals surface area contributed by atoms with Gasteiger partial charge < -0.3 is 10.4 Å². The van der Waals surface area contributed by atoms with E-state index >= 15 is 0 Å². The maximum absolute atomic E-state index is 12.0. The lowest BCUT2D eigenvalue weighted by molar-refractivity contribution is -0.133. The second kappa shape index (κ2) is 6.85. The van der Waals surface area contributed by atoms with E-state index < -0.39 is 5.97 Å². The molecule has 0 bridgehead atoms. The van der Waals surface area contributed by atoms with Crippen molar-refractivity contribution in [2.75, 3.05) is 11.1 Å². The fourth-order valence-electron chi connectivity index (χ4n) is 1.49. The van der Waals surface area contributed by atoms with Gasteiger partial charge in [-0.25, -0.2) is 0 Å². The first kappa shape index (κ1) is 15.0. The van der Waals surface area contributed by atoms with Crippen LogP contribution < -0.4 is 5.32 Å². The molecule has 2 N–H and O–H groups in total. The highest BCUT2D eigenvalue weighted by atomic mass is 32.2. The van der Waals surface area contributed by atoms with Gasteiger partial charge in [0.05, 0.1) is 5.75 Å². The van der Waals surface area contributed by atoms with E-state index in [1.807, 2.05) is 19.1 Å². The number of nitrogens with one attached hydrogen (secondary N) is 1. The van der Waals surface area contributed by atoms with Crippen molar-refractivity contribution in [2.24, 2.45) is 0 Å². The van der Waals surface area contributed by atoms with Crippen LogP contribution in [0, 0.1) is 6.92 Å². The van der Waals surface area contributed by atoms with E-state index in [0.29, 0.717) is 16.4 Å². The molecule has 2 rings (SSSR count). The van der Waals surface area contributed by atoms with E-state index in [1.165, 1.54) is 0 Å². The average Bonchev–Trinajstić information content (AvgIpc) is 2.47. The Balaban J connectivity index is 1.98. The molecule has 0 spiro atoms. The Morgan fingerprint density at radius 1 is 1.14 bits per heavy atom. The van der Waals surface area contributed by atoms with Gasteiger partial charge in [-0.05, 0) is 31.2 Å². The fraction of sp³-hybridized carbons (Fsp3) is 0.143. The van der Waals surface area contributed by atoms with Gasteiger partial charge in [-0.1, -0.05) is 29.5 Å². The van der Waals surface area contributed by atoms with Crippen molar-refractivity contribution in [3.63, 3.8) is 0 Å². The summed E-state index contributed by atoms with van der Waals surface area (Å²) < 4.78 is 0. The number of amides is 1. The molecule has 21 heavy (non-hydrogen) atoms. The van der Waals surface area contributed by atoms with Gasteiger partial charge in [0.2, 0.25) is 0 Å². The number of carbonyl (C=O) groups excluding carboxylic acids is 1. The van der Waals surface area contributed by atoms with Crippen molar-refractivity contribution in [1.29, 1.82) is 0 Å². The second-order valence-corrected chi connectivity index (χ2v) is 5.26. The smallest absolute Gasteiger partial charge is 0.313 e. The summed E-state index contributed by atoms with van der Waals surface area (Å²) in [6.07, 6.45) is 0. The zero-order valence-corrected chi connectivity index (χ0v) is 12.1. The minimum Gasteiger partial charge on any atom is -0.481 e. The highest BCUT2D eigenvalue weighted by Gasteiger charge is 2.07. The summed E-state index contributed by atoms with van der Waals surface area (Å²) in [5.74, 6) is -0.946. The van der Waals surface area contributed by atoms with Gasteiger partial charge >= 0.3 is 5.97 Å². The summed E-state index contributed by atoms with van der Waals surface area (Å²) >= 11 is 1.07. The first-order valence-electron chi connectivity index (χ1n) is 6.11. The van der Waals surface area contributed by atoms with Gasteiger partial charge in [0, 0.05) is 5.56 Å². The molecular weight excluding hydrogens is 290 g/mol. The van der Waals surface area contributed by atoms with E-state index in [0.717, 1.165) is 17.3 Å². The number of hydrogen-bond acceptors (Lipinski definition) is 5. The molecule has 1 heterocycles. The maximum Gasteiger partial charge on any atom is 0.313 e. The molecule has 2 aromatic rings. The number of aryl methyl sites for hydroxylation is 1. The number of anilines is 1. The quantitative estimate of drug-likeness (QED) is 0.823. The molecule has 1 amide bonds. The van der Waals surface area contributed by atoms with Crippen LogP contribution in [0.1, 0.15) is 15.9 Å². The number of carboxylic acids is 1. The highest BCUT2D eigenvalue weighted by molar-refractivity contribution is 7.99. The van der Waals surface area contributed by atoms with Gasteiger partial charge in [-0.3, -0.25) is 9.59 Å². The van der Waals surface area contributed by atoms with Crippen LogP contribution in [0.5, 0.6) is 0 Å². The molecule has 0 saturated heterocycles. The lowest BCUT2D eigenvalue weighted by atomic mass is 10.1. The van der Waals surface area contributed by atoms with Crippen molar-refractivity contribution >= 4 is 29.5 Å². The van der Waals surface area contributed by atoms with E-state index in [9.17, 15) is 9.59 Å². The monoisotopic (exact) mass is 303 g/mol. The number of benzene rings is 1. The Hall–Kier alpha value is -2.41. The van der Waals surface area contributed by atoms with Gasteiger partial charge in [0.15, 0.2) is 5.82 Å². The Morgan fingerprint density at radius 3 is 2.43 bits per heavy atom. The summed E-state index contributed by atoms with van der Waals surface area (Å²) in [6.45, 7) is 1.95. The zero-order chi connectivity index (χ0) is 15.2. The van der Waals surface area contributed by atoms with Crippen LogP contribution in [0.4, 0.5) is 5.82 Å². The van der Waals surface area contributed by atoms with Crippen molar-refractivity contribution in [1.82, 2.24) is 10.2 Å². The number of thioether (sulfide) groups is 1. The molecule has 0 fully saturated rings. The Kier molecular flexibility index (Phi) is 4.89. The normalized spacial score (nSPS) is 10.1. The van der Waals surface area contributed by atoms with E-state index in [1.54, 1.807) is 24.3 Å². The second-order valence-electron chi connectivity index (χ2n) is 4.26. The number of aliphatic carboxylic acids is 1. The summed E-state index contributed by atoms with van der Waals surface area (Å²) in [4.78, 5) is 22.4. The Bertz CT molecular complexity index is 642. The van der Waals surface area contributed by atoms with Crippen LogP contribution >= 0.6 is 11.8 Å². The number of carbonyl (C=O) groups is 2. The standard InChI is InChI=1S/C14H13N3O3S/c1-9-2-4-10(5-3-9)14(20)15-11-6-7-12(17-16-11)21-8-13(18)19/h2-7H,8H2,1H3,(H,18,19)(H,15,16,20). The molecule has 0 aliphatic rings. The number of nitrogens with zero attached hydrogens (tertiary/aromatic N) is 2. The van der Waals surface area contributed by atoms with Gasteiger partial charge in [0.1, 0.15) is 5.03 Å². The Morgan fingerprint density at radius 2 is 1.86 bits per heavy atom. The molecular formula is C14H13N3O3S. The fourth-order valence-corrected chi connectivity index (χ4v) is 2.03. The minimum absolute atomic E-state index is 0.0796. The zero-order valence-electron chi connectivity index (χ0n) is 11.2. The van der Waals surface area contributed by atoms with Crippen LogP contribution in [0.3, 0.4) is 0 Å². The first-order chi connectivity index (χ1) is 10.0. The van der Waals surface area contributed by atoms with Crippen LogP contribution in [-0.2, 0) is 4.79 Å². The highest BCUT2D eigenvalue weighted by Crippen LogP contribution is 2.15. The first-order valence-corrected chi connectivity index (χ1v) is 7.09. The third-order valence-corrected chi connectivity index (χ3v) is 3.44. The Labute approximate surface area is 125 Å². The molecule has 0 aliphatic heterocycles. The number of carboxylic acid groups (broad SMARTS) is 1. The molecule has 0 saturated carbocycles. The summed E-state index contributed by atoms with van der Waals surface area (Å²) in [5.41, 5.74) is 1.61. The SMILES string of the molecule is Cc1ccc(C(=O)Nc2ccc(SCC(=O)O)nn2)cc1. The molecule has 7 heteroatoms.